The van der Waals surface area contributed by atoms with Crippen LogP contribution in [0.3, 0.4) is 0 Å². The lowest BCUT2D eigenvalue weighted by atomic mass is 10.0. The number of carbonyl (C=O) groups excluding carboxylic acids is 2. The maximum Gasteiger partial charge on any atom is 0.352 e. The highest BCUT2D eigenvalue weighted by Crippen LogP contribution is 2.41. The van der Waals surface area contributed by atoms with E-state index in [9.17, 15) is 19.5 Å². The van der Waals surface area contributed by atoms with Crippen molar-refractivity contribution in [1.82, 2.24) is 25.1 Å². The Bertz CT molecular complexity index is 1310. The van der Waals surface area contributed by atoms with Crippen molar-refractivity contribution in [2.45, 2.75) is 39.1 Å². The number of thiazole rings is 2. The van der Waals surface area contributed by atoms with Gasteiger partial charge in [-0.05, 0) is 38.2 Å². The molecule has 216 valence electrons. The van der Waals surface area contributed by atoms with Crippen molar-refractivity contribution in [3.8, 4) is 0 Å². The molecule has 1 saturated heterocycles. The zero-order valence-electron chi connectivity index (χ0n) is 22.9. The highest BCUT2D eigenvalue weighted by atomic mass is 32.2. The minimum atomic E-state index is -1.21. The summed E-state index contributed by atoms with van der Waals surface area (Å²) >= 11 is 3.94. The summed E-state index contributed by atoms with van der Waals surface area (Å²) < 4.78 is 0. The average Bonchev–Trinajstić information content (AvgIpc) is 3.56. The number of oxime groups is 1. The van der Waals surface area contributed by atoms with E-state index in [-0.39, 0.29) is 22.2 Å². The summed E-state index contributed by atoms with van der Waals surface area (Å²) in [6, 6.07) is -0.913. The molecule has 0 aromatic carbocycles. The van der Waals surface area contributed by atoms with Gasteiger partial charge in [-0.2, -0.15) is 0 Å². The lowest BCUT2D eigenvalue weighted by Crippen LogP contribution is -2.71. The van der Waals surface area contributed by atoms with Crippen LogP contribution in [0.25, 0.3) is 6.08 Å². The van der Waals surface area contributed by atoms with E-state index in [2.05, 4.69) is 46.1 Å². The Morgan fingerprint density at radius 2 is 1.98 bits per heavy atom. The van der Waals surface area contributed by atoms with Crippen molar-refractivity contribution in [3.63, 3.8) is 0 Å². The van der Waals surface area contributed by atoms with Crippen LogP contribution in [0.4, 0.5) is 5.13 Å². The van der Waals surface area contributed by atoms with Gasteiger partial charge in [-0.1, -0.05) is 32.0 Å². The molecule has 2 amide bonds. The second-order valence-electron chi connectivity index (χ2n) is 8.49. The Labute approximate surface area is 245 Å². The summed E-state index contributed by atoms with van der Waals surface area (Å²) in [5.74, 6) is -2.04. The minimum Gasteiger partial charge on any atom is -0.477 e. The second kappa shape index (κ2) is 14.4. The monoisotopic (exact) mass is 607 g/mol. The zero-order chi connectivity index (χ0) is 29.4. The number of nitrogen functional groups attached to an aromatic ring is 1. The Kier molecular flexibility index (Phi) is 11.2. The number of nitrogens with two attached hydrogens (primary N) is 1. The number of carboxylic acids is 1. The molecule has 0 saturated carbocycles. The van der Waals surface area contributed by atoms with Gasteiger partial charge >= 0.3 is 5.97 Å². The van der Waals surface area contributed by atoms with Gasteiger partial charge in [-0.25, -0.2) is 14.8 Å². The third kappa shape index (κ3) is 7.08. The molecule has 15 heteroatoms. The van der Waals surface area contributed by atoms with E-state index in [4.69, 9.17) is 10.6 Å². The van der Waals surface area contributed by atoms with Gasteiger partial charge in [0, 0.05) is 16.0 Å². The third-order valence-corrected chi connectivity index (χ3v) is 9.08. The number of hydrogen-bond donors (Lipinski definition) is 3. The summed E-state index contributed by atoms with van der Waals surface area (Å²) in [5, 5.41) is 17.4. The summed E-state index contributed by atoms with van der Waals surface area (Å²) in [5.41, 5.74) is 8.68. The maximum atomic E-state index is 12.9. The quantitative estimate of drug-likeness (QED) is 0.208. The van der Waals surface area contributed by atoms with Crippen molar-refractivity contribution in [2.75, 3.05) is 38.2 Å². The smallest absolute Gasteiger partial charge is 0.352 e. The standard InChI is InChI=1S/C19H18N6O5S3.C6H15N/c1-8-11(33-7-21-8)4-3-9-5-31-17-13(16(27)25(17)14(9)18(28)29)23-15(26)12(24-30-2)10-6-32-19(20)22-10;1-4-7(5-2)6-3/h3-4,6-7,13,17H,5H2,1-2H3,(H2,20,22)(H,23,26)(H,28,29);4-6H2,1-3H3/b4-3-,24-12-;/t13-,17-;/m1./s1. The maximum absolute atomic E-state index is 12.9. The molecule has 2 aliphatic heterocycles. The number of anilines is 1. The number of thioether (sulfide) groups is 1. The molecule has 2 atom stereocenters. The first-order valence-corrected chi connectivity index (χ1v) is 15.3. The fraction of sp³-hybridized carbons (Fsp3) is 0.440. The number of aromatic nitrogens is 2. The molecule has 0 spiro atoms. The molecule has 0 bridgehead atoms. The van der Waals surface area contributed by atoms with Gasteiger partial charge in [-0.15, -0.1) is 34.4 Å². The topological polar surface area (TPSA) is 163 Å². The van der Waals surface area contributed by atoms with Gasteiger partial charge in [0.15, 0.2) is 10.8 Å². The number of aliphatic carboxylic acids is 1. The summed E-state index contributed by atoms with van der Waals surface area (Å²) in [6.45, 7) is 12.0. The second-order valence-corrected chi connectivity index (χ2v) is 11.4. The molecular formula is C25H33N7O5S3. The number of allylic oxidation sites excluding steroid dienone is 1. The normalized spacial score (nSPS) is 18.8. The number of rotatable bonds is 10. The first kappa shape index (κ1) is 31.3. The molecule has 0 unspecified atom stereocenters. The largest absolute Gasteiger partial charge is 0.477 e. The van der Waals surface area contributed by atoms with E-state index in [1.807, 2.05) is 6.92 Å². The Morgan fingerprint density at radius 3 is 2.48 bits per heavy atom. The number of carboxylic acid groups (broad SMARTS) is 1. The summed E-state index contributed by atoms with van der Waals surface area (Å²) in [7, 11) is 1.28. The third-order valence-electron chi connectivity index (χ3n) is 6.21. The molecule has 2 aromatic heterocycles. The van der Waals surface area contributed by atoms with Crippen molar-refractivity contribution in [1.29, 1.82) is 0 Å². The predicted molar refractivity (Wildman–Crippen MR) is 159 cm³/mol. The van der Waals surface area contributed by atoms with Gasteiger partial charge in [-0.3, -0.25) is 14.5 Å². The first-order valence-electron chi connectivity index (χ1n) is 12.5. The molecule has 0 radical (unpaired) electrons. The molecule has 1 fully saturated rings. The van der Waals surface area contributed by atoms with E-state index < -0.39 is 29.2 Å². The Morgan fingerprint density at radius 1 is 1.27 bits per heavy atom. The van der Waals surface area contributed by atoms with Crippen LogP contribution in [0.15, 0.2) is 33.4 Å². The highest BCUT2D eigenvalue weighted by Gasteiger charge is 2.54. The first-order chi connectivity index (χ1) is 19.2. The molecular weight excluding hydrogens is 575 g/mol. The van der Waals surface area contributed by atoms with Crippen LogP contribution in [0.1, 0.15) is 37.0 Å². The van der Waals surface area contributed by atoms with Crippen molar-refractivity contribution in [3.05, 3.63) is 44.5 Å². The number of amides is 2. The van der Waals surface area contributed by atoms with Crippen LogP contribution < -0.4 is 11.1 Å². The molecule has 4 rings (SSSR count). The van der Waals surface area contributed by atoms with Crippen LogP contribution in [-0.4, -0.2) is 92.3 Å². The lowest BCUT2D eigenvalue weighted by molar-refractivity contribution is -0.150. The molecule has 0 aliphatic carbocycles. The number of aryl methyl sites for hydroxylation is 1. The van der Waals surface area contributed by atoms with E-state index in [0.29, 0.717) is 11.3 Å². The van der Waals surface area contributed by atoms with Gasteiger partial charge in [0.05, 0.1) is 11.2 Å². The number of fused-ring (bicyclic) bond motifs is 1. The summed E-state index contributed by atoms with van der Waals surface area (Å²) in [6.07, 6.45) is 3.49. The fourth-order valence-electron chi connectivity index (χ4n) is 3.99. The van der Waals surface area contributed by atoms with Crippen LogP contribution in [0, 0.1) is 6.92 Å². The van der Waals surface area contributed by atoms with E-state index in [0.717, 1.165) is 21.9 Å². The van der Waals surface area contributed by atoms with Gasteiger partial charge < -0.3 is 25.9 Å². The van der Waals surface area contributed by atoms with Gasteiger partial charge in [0.1, 0.15) is 29.9 Å². The highest BCUT2D eigenvalue weighted by molar-refractivity contribution is 8.00. The van der Waals surface area contributed by atoms with Crippen LogP contribution in [0.2, 0.25) is 0 Å². The van der Waals surface area contributed by atoms with E-state index in [1.165, 1.54) is 54.7 Å². The Balaban J connectivity index is 0.000000559. The number of nitrogens with zero attached hydrogens (tertiary/aromatic N) is 5. The molecule has 12 nitrogen and oxygen atoms in total. The molecule has 40 heavy (non-hydrogen) atoms. The van der Waals surface area contributed by atoms with Crippen LogP contribution >= 0.6 is 34.4 Å². The number of hydrogen-bond acceptors (Lipinski definition) is 12. The van der Waals surface area contributed by atoms with E-state index >= 15 is 0 Å². The average molecular weight is 608 g/mol. The van der Waals surface area contributed by atoms with Crippen molar-refractivity contribution >= 4 is 69.1 Å². The number of nitrogens with one attached hydrogen (secondary N) is 1. The lowest BCUT2D eigenvalue weighted by Gasteiger charge is -2.49. The fourth-order valence-corrected chi connectivity index (χ4v) is 6.55. The number of carbonyl (C=O) groups is 3. The van der Waals surface area contributed by atoms with Gasteiger partial charge in [0.2, 0.25) is 0 Å². The van der Waals surface area contributed by atoms with Crippen molar-refractivity contribution < 1.29 is 24.3 Å². The molecule has 2 aromatic rings. The number of β-lactam (4-membered cyclic amide) rings is 1. The summed E-state index contributed by atoms with van der Waals surface area (Å²) in [4.78, 5) is 55.1. The molecule has 4 N–H and O–H groups in total. The van der Waals surface area contributed by atoms with Gasteiger partial charge in [0.25, 0.3) is 11.8 Å². The van der Waals surface area contributed by atoms with Crippen LogP contribution in [-0.2, 0) is 19.2 Å². The minimum absolute atomic E-state index is 0.0919. The van der Waals surface area contributed by atoms with Crippen molar-refractivity contribution in [2.24, 2.45) is 5.16 Å². The van der Waals surface area contributed by atoms with Crippen LogP contribution in [0.5, 0.6) is 0 Å². The Hall–Kier alpha value is -3.27. The van der Waals surface area contributed by atoms with E-state index in [1.54, 1.807) is 23.0 Å². The molecule has 4 heterocycles. The predicted octanol–water partition coefficient (Wildman–Crippen LogP) is 2.64. The SMILES string of the molecule is CCN(CC)CC.CO/N=C(\C(=O)N[C@@H]1C(=O)N2C(C(=O)O)=C(/C=C\c3scnc3C)CS[C@H]12)c1csc(N)n1. The zero-order valence-corrected chi connectivity index (χ0v) is 25.4. The molecule has 2 aliphatic rings.